The first-order valence-corrected chi connectivity index (χ1v) is 8.59. The smallest absolute Gasteiger partial charge is 0.348 e. The van der Waals surface area contributed by atoms with Gasteiger partial charge in [0, 0.05) is 18.0 Å². The highest BCUT2D eigenvalue weighted by molar-refractivity contribution is 7.14. The van der Waals surface area contributed by atoms with Gasteiger partial charge in [-0.05, 0) is 50.8 Å². The first kappa shape index (κ1) is 16.5. The third-order valence-electron chi connectivity index (χ3n) is 3.89. The Morgan fingerprint density at radius 3 is 3.10 bits per heavy atom. The summed E-state index contributed by atoms with van der Waals surface area (Å²) in [5, 5.41) is 10.3. The van der Waals surface area contributed by atoms with Crippen LogP contribution in [-0.2, 0) is 4.74 Å². The maximum absolute atomic E-state index is 11.6. The largest absolute Gasteiger partial charge is 0.462 e. The van der Waals surface area contributed by atoms with E-state index in [1.165, 1.54) is 24.2 Å². The summed E-state index contributed by atoms with van der Waals surface area (Å²) in [6.07, 6.45) is 2.79. The molecule has 2 heterocycles. The van der Waals surface area contributed by atoms with Crippen LogP contribution < -0.4 is 0 Å². The van der Waals surface area contributed by atoms with Crippen molar-refractivity contribution in [2.45, 2.75) is 39.2 Å². The van der Waals surface area contributed by atoms with Crippen molar-refractivity contribution in [2.75, 3.05) is 26.2 Å². The van der Waals surface area contributed by atoms with Crippen LogP contribution in [0.2, 0.25) is 0 Å². The quantitative estimate of drug-likeness (QED) is 0.820. The van der Waals surface area contributed by atoms with Gasteiger partial charge < -0.3 is 14.7 Å². The van der Waals surface area contributed by atoms with Gasteiger partial charge in [-0.3, -0.25) is 0 Å². The number of thiophene rings is 1. The molecule has 5 heteroatoms. The fourth-order valence-corrected chi connectivity index (χ4v) is 3.70. The van der Waals surface area contributed by atoms with Gasteiger partial charge in [-0.15, -0.1) is 11.3 Å². The third-order valence-corrected chi connectivity index (χ3v) is 5.06. The molecule has 1 saturated heterocycles. The van der Waals surface area contributed by atoms with Gasteiger partial charge in [-0.1, -0.05) is 6.92 Å². The second kappa shape index (κ2) is 7.92. The average molecular weight is 311 g/mol. The van der Waals surface area contributed by atoms with Gasteiger partial charge in [0.2, 0.25) is 0 Å². The highest BCUT2D eigenvalue weighted by Gasteiger charge is 2.19. The molecule has 0 aromatic carbocycles. The van der Waals surface area contributed by atoms with E-state index in [0.717, 1.165) is 36.9 Å². The number of carbonyl (C=O) groups is 1. The van der Waals surface area contributed by atoms with Crippen LogP contribution in [0, 0.1) is 5.92 Å². The van der Waals surface area contributed by atoms with Crippen molar-refractivity contribution in [3.8, 4) is 0 Å². The van der Waals surface area contributed by atoms with E-state index < -0.39 is 6.10 Å². The highest BCUT2D eigenvalue weighted by atomic mass is 32.1. The molecule has 1 aliphatic rings. The molecule has 2 unspecified atom stereocenters. The van der Waals surface area contributed by atoms with Crippen molar-refractivity contribution < 1.29 is 14.6 Å². The maximum atomic E-state index is 11.6. The average Bonchev–Trinajstić information content (AvgIpc) is 2.95. The van der Waals surface area contributed by atoms with E-state index >= 15 is 0 Å². The number of hydrogen-bond acceptors (Lipinski definition) is 5. The fourth-order valence-electron chi connectivity index (χ4n) is 2.78. The molecule has 1 N–H and O–H groups in total. The predicted molar refractivity (Wildman–Crippen MR) is 84.7 cm³/mol. The molecule has 2 rings (SSSR count). The minimum Gasteiger partial charge on any atom is -0.462 e. The van der Waals surface area contributed by atoms with Crippen molar-refractivity contribution in [2.24, 2.45) is 5.92 Å². The lowest BCUT2D eigenvalue weighted by Gasteiger charge is -2.31. The number of rotatable bonds is 6. The van der Waals surface area contributed by atoms with Gasteiger partial charge in [-0.25, -0.2) is 4.79 Å². The molecule has 0 aliphatic carbocycles. The van der Waals surface area contributed by atoms with Crippen LogP contribution in [-0.4, -0.2) is 42.2 Å². The first-order valence-electron chi connectivity index (χ1n) is 7.77. The second-order valence-corrected chi connectivity index (χ2v) is 6.89. The lowest BCUT2D eigenvalue weighted by Crippen LogP contribution is -2.35. The molecule has 0 amide bonds. The molecule has 0 spiro atoms. The Morgan fingerprint density at radius 2 is 2.38 bits per heavy atom. The lowest BCUT2D eigenvalue weighted by molar-refractivity contribution is 0.0532. The molecule has 0 radical (unpaired) electrons. The summed E-state index contributed by atoms with van der Waals surface area (Å²) >= 11 is 1.33. The minimum atomic E-state index is -0.490. The molecule has 118 valence electrons. The number of aliphatic hydroxyl groups is 1. The molecule has 2 atom stereocenters. The van der Waals surface area contributed by atoms with Crippen molar-refractivity contribution in [3.63, 3.8) is 0 Å². The van der Waals surface area contributed by atoms with E-state index in [2.05, 4.69) is 11.8 Å². The van der Waals surface area contributed by atoms with Crippen LogP contribution in [0.25, 0.3) is 0 Å². The van der Waals surface area contributed by atoms with E-state index in [9.17, 15) is 9.90 Å². The van der Waals surface area contributed by atoms with Crippen LogP contribution in [0.4, 0.5) is 0 Å². The Kier molecular flexibility index (Phi) is 6.21. The molecule has 1 aromatic rings. The molecule has 1 aliphatic heterocycles. The SMILES string of the molecule is CCOC(=O)c1ccc(C(O)CCN2CCCC(C)C2)s1. The summed E-state index contributed by atoms with van der Waals surface area (Å²) in [7, 11) is 0. The second-order valence-electron chi connectivity index (χ2n) is 5.77. The number of aliphatic hydroxyl groups excluding tert-OH is 1. The van der Waals surface area contributed by atoms with Crippen molar-refractivity contribution in [1.29, 1.82) is 0 Å². The van der Waals surface area contributed by atoms with Crippen LogP contribution in [0.3, 0.4) is 0 Å². The van der Waals surface area contributed by atoms with Crippen LogP contribution in [0.5, 0.6) is 0 Å². The number of likely N-dealkylation sites (tertiary alicyclic amines) is 1. The van der Waals surface area contributed by atoms with Gasteiger partial charge in [0.05, 0.1) is 12.7 Å². The number of esters is 1. The lowest BCUT2D eigenvalue weighted by atomic mass is 10.00. The van der Waals surface area contributed by atoms with Crippen LogP contribution in [0.1, 0.15) is 53.8 Å². The molecular weight excluding hydrogens is 286 g/mol. The monoisotopic (exact) mass is 311 g/mol. The summed E-state index contributed by atoms with van der Waals surface area (Å²) in [5.74, 6) is 0.457. The van der Waals surface area contributed by atoms with Crippen LogP contribution in [0.15, 0.2) is 12.1 Å². The molecule has 4 nitrogen and oxygen atoms in total. The zero-order valence-electron chi connectivity index (χ0n) is 12.9. The van der Waals surface area contributed by atoms with Gasteiger partial charge in [0.25, 0.3) is 0 Å². The number of ether oxygens (including phenoxy) is 1. The normalized spacial score (nSPS) is 21.2. The summed E-state index contributed by atoms with van der Waals surface area (Å²) < 4.78 is 4.97. The van der Waals surface area contributed by atoms with Gasteiger partial charge in [0.1, 0.15) is 4.88 Å². The van der Waals surface area contributed by atoms with Gasteiger partial charge in [0.15, 0.2) is 0 Å². The van der Waals surface area contributed by atoms with E-state index in [1.807, 2.05) is 6.07 Å². The zero-order chi connectivity index (χ0) is 15.2. The summed E-state index contributed by atoms with van der Waals surface area (Å²) in [5.41, 5.74) is 0. The topological polar surface area (TPSA) is 49.8 Å². The Morgan fingerprint density at radius 1 is 1.57 bits per heavy atom. The number of nitrogens with zero attached hydrogens (tertiary/aromatic N) is 1. The Hall–Kier alpha value is -0.910. The Balaban J connectivity index is 1.83. The fraction of sp³-hybridized carbons (Fsp3) is 0.688. The molecule has 21 heavy (non-hydrogen) atoms. The summed E-state index contributed by atoms with van der Waals surface area (Å²) in [6, 6.07) is 3.57. The van der Waals surface area contributed by atoms with E-state index in [-0.39, 0.29) is 5.97 Å². The standard InChI is InChI=1S/C16H25NO3S/c1-3-20-16(19)15-7-6-14(21-15)13(18)8-10-17-9-4-5-12(2)11-17/h6-7,12-13,18H,3-5,8-11H2,1-2H3. The molecule has 1 fully saturated rings. The number of piperidine rings is 1. The summed E-state index contributed by atoms with van der Waals surface area (Å²) in [4.78, 5) is 15.5. The van der Waals surface area contributed by atoms with Gasteiger partial charge in [-0.2, -0.15) is 0 Å². The number of hydrogen-bond donors (Lipinski definition) is 1. The van der Waals surface area contributed by atoms with Crippen LogP contribution >= 0.6 is 11.3 Å². The van der Waals surface area contributed by atoms with Crippen molar-refractivity contribution >= 4 is 17.3 Å². The molecule has 0 saturated carbocycles. The van der Waals surface area contributed by atoms with Gasteiger partial charge >= 0.3 is 5.97 Å². The Bertz CT molecular complexity index is 460. The predicted octanol–water partition coefficient (Wildman–Crippen LogP) is 3.08. The molecule has 1 aromatic heterocycles. The van der Waals surface area contributed by atoms with Crippen molar-refractivity contribution in [1.82, 2.24) is 4.90 Å². The molecule has 0 bridgehead atoms. The van der Waals surface area contributed by atoms with Crippen molar-refractivity contribution in [3.05, 3.63) is 21.9 Å². The van der Waals surface area contributed by atoms with E-state index in [4.69, 9.17) is 4.74 Å². The zero-order valence-corrected chi connectivity index (χ0v) is 13.7. The first-order chi connectivity index (χ1) is 10.1. The Labute approximate surface area is 130 Å². The molecular formula is C16H25NO3S. The summed E-state index contributed by atoms with van der Waals surface area (Å²) in [6.45, 7) is 7.63. The minimum absolute atomic E-state index is 0.300. The highest BCUT2D eigenvalue weighted by Crippen LogP contribution is 2.27. The maximum Gasteiger partial charge on any atom is 0.348 e. The van der Waals surface area contributed by atoms with E-state index in [1.54, 1.807) is 13.0 Å². The van der Waals surface area contributed by atoms with E-state index in [0.29, 0.717) is 11.5 Å². The third kappa shape index (κ3) is 4.80. The number of carbonyl (C=O) groups excluding carboxylic acids is 1.